The molecule has 12 heavy (non-hydrogen) atoms. The van der Waals surface area contributed by atoms with Gasteiger partial charge in [0.1, 0.15) is 0 Å². The predicted molar refractivity (Wildman–Crippen MR) is 50.9 cm³/mol. The second-order valence-electron chi connectivity index (χ2n) is 4.48. The third-order valence-electron chi connectivity index (χ3n) is 2.49. The zero-order valence-corrected chi connectivity index (χ0v) is 8.67. The maximum Gasteiger partial charge on any atom is 0.0571 e. The van der Waals surface area contributed by atoms with E-state index in [0.717, 1.165) is 6.42 Å². The molecule has 2 atom stereocenters. The summed E-state index contributed by atoms with van der Waals surface area (Å²) in [5.41, 5.74) is -0.150. The summed E-state index contributed by atoms with van der Waals surface area (Å²) in [6.45, 7) is 8.19. The first-order valence-corrected chi connectivity index (χ1v) is 4.72. The fourth-order valence-corrected chi connectivity index (χ4v) is 1.10. The minimum Gasteiger partial charge on any atom is -0.396 e. The molecule has 0 aliphatic carbocycles. The largest absolute Gasteiger partial charge is 0.396 e. The maximum absolute atomic E-state index is 9.67. The van der Waals surface area contributed by atoms with E-state index in [-0.39, 0.29) is 18.1 Å². The standard InChI is InChI=1S/C10H22O2/c1-5-8(2)9(12)6-10(3,4)7-11/h8-9,11-12H,5-7H2,1-4H3. The highest BCUT2D eigenvalue weighted by atomic mass is 16.3. The molecule has 2 unspecified atom stereocenters. The molecule has 0 heterocycles. The van der Waals surface area contributed by atoms with Crippen LogP contribution in [0.4, 0.5) is 0 Å². The van der Waals surface area contributed by atoms with E-state index in [0.29, 0.717) is 12.3 Å². The van der Waals surface area contributed by atoms with Gasteiger partial charge in [-0.1, -0.05) is 34.1 Å². The van der Waals surface area contributed by atoms with Crippen LogP contribution in [0.1, 0.15) is 40.5 Å². The summed E-state index contributed by atoms with van der Waals surface area (Å²) in [5.74, 6) is 0.329. The smallest absolute Gasteiger partial charge is 0.0571 e. The van der Waals surface area contributed by atoms with Crippen LogP contribution in [0.5, 0.6) is 0 Å². The van der Waals surface area contributed by atoms with Crippen molar-refractivity contribution in [2.45, 2.75) is 46.6 Å². The Balaban J connectivity index is 3.90. The monoisotopic (exact) mass is 174 g/mol. The molecule has 0 aliphatic rings. The zero-order valence-electron chi connectivity index (χ0n) is 8.67. The van der Waals surface area contributed by atoms with Crippen LogP contribution in [0.2, 0.25) is 0 Å². The van der Waals surface area contributed by atoms with Gasteiger partial charge in [-0.25, -0.2) is 0 Å². The minimum atomic E-state index is -0.280. The quantitative estimate of drug-likeness (QED) is 0.667. The van der Waals surface area contributed by atoms with Crippen molar-refractivity contribution in [3.05, 3.63) is 0 Å². The lowest BCUT2D eigenvalue weighted by Crippen LogP contribution is -2.28. The summed E-state index contributed by atoms with van der Waals surface area (Å²) < 4.78 is 0. The summed E-state index contributed by atoms with van der Waals surface area (Å²) in [5, 5.41) is 18.7. The van der Waals surface area contributed by atoms with Gasteiger partial charge in [-0.15, -0.1) is 0 Å². The molecule has 0 saturated heterocycles. The average molecular weight is 174 g/mol. The van der Waals surface area contributed by atoms with Crippen LogP contribution in [0.25, 0.3) is 0 Å². The van der Waals surface area contributed by atoms with Crippen molar-refractivity contribution in [1.29, 1.82) is 0 Å². The molecule has 0 amide bonds. The Labute approximate surface area is 75.6 Å². The van der Waals surface area contributed by atoms with E-state index in [2.05, 4.69) is 6.92 Å². The second kappa shape index (κ2) is 4.83. The molecule has 0 radical (unpaired) electrons. The number of rotatable bonds is 5. The predicted octanol–water partition coefficient (Wildman–Crippen LogP) is 1.80. The van der Waals surface area contributed by atoms with Crippen molar-refractivity contribution in [1.82, 2.24) is 0 Å². The van der Waals surface area contributed by atoms with E-state index in [1.165, 1.54) is 0 Å². The fraction of sp³-hybridized carbons (Fsp3) is 1.00. The normalized spacial score (nSPS) is 17.5. The summed E-state index contributed by atoms with van der Waals surface area (Å²) in [4.78, 5) is 0. The Morgan fingerprint density at radius 1 is 1.33 bits per heavy atom. The van der Waals surface area contributed by atoms with Crippen molar-refractivity contribution in [2.75, 3.05) is 6.61 Å². The Bertz CT molecular complexity index is 121. The van der Waals surface area contributed by atoms with Gasteiger partial charge >= 0.3 is 0 Å². The number of aliphatic hydroxyl groups excluding tert-OH is 2. The van der Waals surface area contributed by atoms with Crippen LogP contribution < -0.4 is 0 Å². The third-order valence-corrected chi connectivity index (χ3v) is 2.49. The lowest BCUT2D eigenvalue weighted by Gasteiger charge is -2.27. The van der Waals surface area contributed by atoms with Gasteiger partial charge in [0.05, 0.1) is 6.10 Å². The van der Waals surface area contributed by atoms with E-state index in [1.807, 2.05) is 20.8 Å². The summed E-state index contributed by atoms with van der Waals surface area (Å²) in [6, 6.07) is 0. The molecule has 0 aliphatic heterocycles. The molecular formula is C10H22O2. The van der Waals surface area contributed by atoms with Crippen molar-refractivity contribution >= 4 is 0 Å². The van der Waals surface area contributed by atoms with Crippen LogP contribution in [-0.4, -0.2) is 22.9 Å². The lowest BCUT2D eigenvalue weighted by molar-refractivity contribution is 0.0408. The molecule has 0 spiro atoms. The molecule has 2 nitrogen and oxygen atoms in total. The highest BCUT2D eigenvalue weighted by molar-refractivity contribution is 4.74. The second-order valence-corrected chi connectivity index (χ2v) is 4.48. The van der Waals surface area contributed by atoms with Gasteiger partial charge in [-0.3, -0.25) is 0 Å². The Morgan fingerprint density at radius 2 is 1.83 bits per heavy atom. The molecule has 74 valence electrons. The highest BCUT2D eigenvalue weighted by Crippen LogP contribution is 2.25. The molecule has 0 aromatic rings. The van der Waals surface area contributed by atoms with Gasteiger partial charge in [0.2, 0.25) is 0 Å². The lowest BCUT2D eigenvalue weighted by atomic mass is 9.83. The van der Waals surface area contributed by atoms with Crippen LogP contribution in [0, 0.1) is 11.3 Å². The van der Waals surface area contributed by atoms with Gasteiger partial charge < -0.3 is 10.2 Å². The fourth-order valence-electron chi connectivity index (χ4n) is 1.10. The zero-order chi connectivity index (χ0) is 9.78. The first kappa shape index (κ1) is 11.9. The van der Waals surface area contributed by atoms with Gasteiger partial charge in [0.15, 0.2) is 0 Å². The average Bonchev–Trinajstić information content (AvgIpc) is 2.02. The van der Waals surface area contributed by atoms with E-state index in [4.69, 9.17) is 5.11 Å². The first-order chi connectivity index (χ1) is 5.43. The molecular weight excluding hydrogens is 152 g/mol. The van der Waals surface area contributed by atoms with Crippen LogP contribution in [0.15, 0.2) is 0 Å². The topological polar surface area (TPSA) is 40.5 Å². The van der Waals surface area contributed by atoms with Gasteiger partial charge in [0.25, 0.3) is 0 Å². The minimum absolute atomic E-state index is 0.139. The highest BCUT2D eigenvalue weighted by Gasteiger charge is 2.23. The van der Waals surface area contributed by atoms with Gasteiger partial charge in [-0.2, -0.15) is 0 Å². The SMILES string of the molecule is CCC(C)C(O)CC(C)(C)CO. The van der Waals surface area contributed by atoms with Gasteiger partial charge in [-0.05, 0) is 17.8 Å². The van der Waals surface area contributed by atoms with Crippen molar-refractivity contribution in [2.24, 2.45) is 11.3 Å². The molecule has 2 heteroatoms. The first-order valence-electron chi connectivity index (χ1n) is 4.72. The van der Waals surface area contributed by atoms with E-state index < -0.39 is 0 Å². The van der Waals surface area contributed by atoms with Crippen molar-refractivity contribution < 1.29 is 10.2 Å². The molecule has 0 fully saturated rings. The Kier molecular flexibility index (Phi) is 4.80. The molecule has 0 aromatic carbocycles. The van der Waals surface area contributed by atoms with E-state index in [9.17, 15) is 5.11 Å². The van der Waals surface area contributed by atoms with Crippen LogP contribution >= 0.6 is 0 Å². The number of hydrogen-bond donors (Lipinski definition) is 2. The Morgan fingerprint density at radius 3 is 2.17 bits per heavy atom. The number of hydrogen-bond acceptors (Lipinski definition) is 2. The van der Waals surface area contributed by atoms with Gasteiger partial charge in [0, 0.05) is 6.61 Å². The number of aliphatic hydroxyl groups is 2. The van der Waals surface area contributed by atoms with Crippen molar-refractivity contribution in [3.8, 4) is 0 Å². The van der Waals surface area contributed by atoms with Crippen LogP contribution in [0.3, 0.4) is 0 Å². The molecule has 0 rings (SSSR count). The molecule has 0 bridgehead atoms. The third kappa shape index (κ3) is 4.07. The molecule has 2 N–H and O–H groups in total. The Hall–Kier alpha value is -0.0800. The van der Waals surface area contributed by atoms with E-state index >= 15 is 0 Å². The van der Waals surface area contributed by atoms with Crippen molar-refractivity contribution in [3.63, 3.8) is 0 Å². The molecule has 0 saturated carbocycles. The molecule has 0 aromatic heterocycles. The summed E-state index contributed by atoms with van der Waals surface area (Å²) in [6.07, 6.45) is 1.39. The van der Waals surface area contributed by atoms with Crippen LogP contribution in [-0.2, 0) is 0 Å². The summed E-state index contributed by atoms with van der Waals surface area (Å²) in [7, 11) is 0. The maximum atomic E-state index is 9.67. The summed E-state index contributed by atoms with van der Waals surface area (Å²) >= 11 is 0. The van der Waals surface area contributed by atoms with E-state index in [1.54, 1.807) is 0 Å².